The number of benzene rings is 1. The summed E-state index contributed by atoms with van der Waals surface area (Å²) in [7, 11) is 1.51. The van der Waals surface area contributed by atoms with Crippen molar-refractivity contribution in [2.75, 3.05) is 26.9 Å². The molecule has 7 heteroatoms. The van der Waals surface area contributed by atoms with Crippen LogP contribution in [0.2, 0.25) is 0 Å². The van der Waals surface area contributed by atoms with Crippen molar-refractivity contribution in [2.24, 2.45) is 5.84 Å². The fourth-order valence-corrected chi connectivity index (χ4v) is 1.38. The number of ether oxygens (including phenoxy) is 2. The Bertz CT molecular complexity index is 391. The van der Waals surface area contributed by atoms with E-state index in [-0.39, 0.29) is 12.2 Å². The average Bonchev–Trinajstić information content (AvgIpc) is 2.38. The van der Waals surface area contributed by atoms with Gasteiger partial charge in [-0.3, -0.25) is 11.3 Å². The predicted molar refractivity (Wildman–Crippen MR) is 59.1 cm³/mol. The largest absolute Gasteiger partial charge is 0.382 e. The molecule has 0 bridgehead atoms. The van der Waals surface area contributed by atoms with Crippen LogP contribution in [0.15, 0.2) is 12.1 Å². The van der Waals surface area contributed by atoms with Crippen LogP contribution in [-0.4, -0.2) is 26.9 Å². The van der Waals surface area contributed by atoms with Gasteiger partial charge in [0.15, 0.2) is 17.5 Å². The highest BCUT2D eigenvalue weighted by molar-refractivity contribution is 5.23. The fraction of sp³-hybridized carbons (Fsp3) is 0.455. The summed E-state index contributed by atoms with van der Waals surface area (Å²) in [5.41, 5.74) is 2.20. The normalized spacial score (nSPS) is 12.7. The molecule has 0 aromatic heterocycles. The van der Waals surface area contributed by atoms with Gasteiger partial charge in [0.2, 0.25) is 0 Å². The number of nitrogens with one attached hydrogen (secondary N) is 1. The summed E-state index contributed by atoms with van der Waals surface area (Å²) in [5, 5.41) is 0. The molecule has 102 valence electrons. The van der Waals surface area contributed by atoms with Crippen molar-refractivity contribution >= 4 is 0 Å². The van der Waals surface area contributed by atoms with Crippen LogP contribution < -0.4 is 11.3 Å². The van der Waals surface area contributed by atoms with Crippen molar-refractivity contribution in [3.63, 3.8) is 0 Å². The van der Waals surface area contributed by atoms with E-state index in [2.05, 4.69) is 5.43 Å². The van der Waals surface area contributed by atoms with Gasteiger partial charge in [0, 0.05) is 12.7 Å². The van der Waals surface area contributed by atoms with Gasteiger partial charge in [-0.1, -0.05) is 6.07 Å². The zero-order valence-corrected chi connectivity index (χ0v) is 9.88. The van der Waals surface area contributed by atoms with Crippen LogP contribution >= 0.6 is 0 Å². The van der Waals surface area contributed by atoms with Crippen molar-refractivity contribution < 1.29 is 22.6 Å². The second kappa shape index (κ2) is 7.32. The molecule has 0 spiro atoms. The Balaban J connectivity index is 2.73. The molecule has 0 aliphatic rings. The van der Waals surface area contributed by atoms with E-state index in [0.717, 1.165) is 12.1 Å². The van der Waals surface area contributed by atoms with E-state index in [1.54, 1.807) is 0 Å². The summed E-state index contributed by atoms with van der Waals surface area (Å²) in [6.07, 6.45) is 0. The first-order chi connectivity index (χ1) is 8.61. The summed E-state index contributed by atoms with van der Waals surface area (Å²) < 4.78 is 49.2. The molecule has 18 heavy (non-hydrogen) atoms. The van der Waals surface area contributed by atoms with E-state index in [1.807, 2.05) is 0 Å². The maximum atomic E-state index is 13.5. The Hall–Kier alpha value is -1.15. The van der Waals surface area contributed by atoms with E-state index in [9.17, 15) is 13.2 Å². The van der Waals surface area contributed by atoms with Crippen LogP contribution in [0.25, 0.3) is 0 Å². The number of hydrogen-bond acceptors (Lipinski definition) is 4. The lowest BCUT2D eigenvalue weighted by molar-refractivity contribution is 0.0580. The molecule has 0 aliphatic carbocycles. The van der Waals surface area contributed by atoms with Crippen LogP contribution in [-0.2, 0) is 9.47 Å². The summed E-state index contributed by atoms with van der Waals surface area (Å²) in [4.78, 5) is 0. The Labute approximate surface area is 103 Å². The summed E-state index contributed by atoms with van der Waals surface area (Å²) in [6, 6.07) is 1.20. The molecular formula is C11H15F3N2O2. The van der Waals surface area contributed by atoms with Crippen molar-refractivity contribution in [1.82, 2.24) is 5.43 Å². The lowest BCUT2D eigenvalue weighted by atomic mass is 10.1. The molecule has 1 aromatic carbocycles. The van der Waals surface area contributed by atoms with E-state index in [0.29, 0.717) is 13.2 Å². The Morgan fingerprint density at radius 3 is 2.56 bits per heavy atom. The Morgan fingerprint density at radius 2 is 1.94 bits per heavy atom. The highest BCUT2D eigenvalue weighted by atomic mass is 19.2. The molecule has 3 N–H and O–H groups in total. The maximum absolute atomic E-state index is 13.5. The molecule has 1 rings (SSSR count). The molecule has 1 aromatic rings. The molecule has 0 amide bonds. The number of halogens is 3. The standard InChI is InChI=1S/C11H15F3N2O2/c1-17-4-5-18-6-9(16-15)7-2-3-8(12)11(14)10(7)13/h2-3,9,16H,4-6,15H2,1H3. The summed E-state index contributed by atoms with van der Waals surface area (Å²) in [5.74, 6) is 1.20. The maximum Gasteiger partial charge on any atom is 0.194 e. The first-order valence-electron chi connectivity index (χ1n) is 5.28. The minimum Gasteiger partial charge on any atom is -0.382 e. The Morgan fingerprint density at radius 1 is 1.22 bits per heavy atom. The van der Waals surface area contributed by atoms with Crippen LogP contribution in [0.1, 0.15) is 11.6 Å². The van der Waals surface area contributed by atoms with Gasteiger partial charge in [-0.05, 0) is 6.07 Å². The monoisotopic (exact) mass is 264 g/mol. The van der Waals surface area contributed by atoms with Crippen LogP contribution in [0.3, 0.4) is 0 Å². The van der Waals surface area contributed by atoms with Gasteiger partial charge >= 0.3 is 0 Å². The number of rotatable bonds is 7. The molecule has 4 nitrogen and oxygen atoms in total. The second-order valence-corrected chi connectivity index (χ2v) is 3.55. The van der Waals surface area contributed by atoms with Crippen molar-refractivity contribution in [3.8, 4) is 0 Å². The molecule has 0 fully saturated rings. The predicted octanol–water partition coefficient (Wildman–Crippen LogP) is 1.27. The van der Waals surface area contributed by atoms with Gasteiger partial charge in [0.1, 0.15) is 0 Å². The highest BCUT2D eigenvalue weighted by Gasteiger charge is 2.20. The minimum absolute atomic E-state index is 0.0157. The zero-order chi connectivity index (χ0) is 13.5. The molecule has 0 saturated carbocycles. The molecule has 0 heterocycles. The van der Waals surface area contributed by atoms with Gasteiger partial charge in [0.05, 0.1) is 25.9 Å². The van der Waals surface area contributed by atoms with Gasteiger partial charge in [0.25, 0.3) is 0 Å². The molecule has 0 aliphatic heterocycles. The second-order valence-electron chi connectivity index (χ2n) is 3.55. The van der Waals surface area contributed by atoms with E-state index >= 15 is 0 Å². The number of methoxy groups -OCH3 is 1. The number of nitrogens with two attached hydrogens (primary N) is 1. The van der Waals surface area contributed by atoms with Gasteiger partial charge in [-0.25, -0.2) is 13.2 Å². The minimum atomic E-state index is -1.52. The smallest absolute Gasteiger partial charge is 0.194 e. The molecule has 1 unspecified atom stereocenters. The summed E-state index contributed by atoms with van der Waals surface area (Å²) in [6.45, 7) is 0.680. The van der Waals surface area contributed by atoms with Crippen LogP contribution in [0, 0.1) is 17.5 Å². The first-order valence-corrected chi connectivity index (χ1v) is 5.28. The van der Waals surface area contributed by atoms with Gasteiger partial charge in [-0.2, -0.15) is 0 Å². The quantitative estimate of drug-likeness (QED) is 0.337. The Kier molecular flexibility index (Phi) is 6.06. The lowest BCUT2D eigenvalue weighted by Gasteiger charge is -2.17. The van der Waals surface area contributed by atoms with Crippen LogP contribution in [0.4, 0.5) is 13.2 Å². The van der Waals surface area contributed by atoms with Gasteiger partial charge in [-0.15, -0.1) is 0 Å². The van der Waals surface area contributed by atoms with E-state index in [4.69, 9.17) is 15.3 Å². The third-order valence-electron chi connectivity index (χ3n) is 2.36. The number of hydrogen-bond donors (Lipinski definition) is 2. The molecular weight excluding hydrogens is 249 g/mol. The van der Waals surface area contributed by atoms with Crippen molar-refractivity contribution in [3.05, 3.63) is 35.1 Å². The number of hydrazine groups is 1. The van der Waals surface area contributed by atoms with Crippen molar-refractivity contribution in [2.45, 2.75) is 6.04 Å². The molecule has 1 atom stereocenters. The van der Waals surface area contributed by atoms with Gasteiger partial charge < -0.3 is 9.47 Å². The third-order valence-corrected chi connectivity index (χ3v) is 2.36. The highest BCUT2D eigenvalue weighted by Crippen LogP contribution is 2.21. The topological polar surface area (TPSA) is 56.5 Å². The van der Waals surface area contributed by atoms with E-state index in [1.165, 1.54) is 7.11 Å². The van der Waals surface area contributed by atoms with Crippen LogP contribution in [0.5, 0.6) is 0 Å². The van der Waals surface area contributed by atoms with E-state index < -0.39 is 23.5 Å². The lowest BCUT2D eigenvalue weighted by Crippen LogP contribution is -2.32. The fourth-order valence-electron chi connectivity index (χ4n) is 1.38. The zero-order valence-electron chi connectivity index (χ0n) is 9.88. The van der Waals surface area contributed by atoms with Crippen molar-refractivity contribution in [1.29, 1.82) is 0 Å². The average molecular weight is 264 g/mol. The molecule has 0 saturated heterocycles. The SMILES string of the molecule is COCCOCC(NN)c1ccc(F)c(F)c1F. The molecule has 0 radical (unpaired) electrons. The first kappa shape index (κ1) is 14.9. The third kappa shape index (κ3) is 3.67. The summed E-state index contributed by atoms with van der Waals surface area (Å²) >= 11 is 0.